The van der Waals surface area contributed by atoms with E-state index in [-0.39, 0.29) is 6.10 Å². The lowest BCUT2D eigenvalue weighted by atomic mass is 10.1. The van der Waals surface area contributed by atoms with Gasteiger partial charge < -0.3 is 19.9 Å². The molecule has 0 saturated heterocycles. The molecular formula is C15H25NO3. The Hall–Kier alpha value is -1.10. The zero-order valence-electron chi connectivity index (χ0n) is 12.1. The topological polar surface area (TPSA) is 50.7 Å². The molecule has 0 aliphatic carbocycles. The average Bonchev–Trinajstić information content (AvgIpc) is 2.42. The van der Waals surface area contributed by atoms with Gasteiger partial charge in [0, 0.05) is 13.2 Å². The van der Waals surface area contributed by atoms with Crippen molar-refractivity contribution < 1.29 is 14.6 Å². The molecule has 1 unspecified atom stereocenters. The maximum absolute atomic E-state index is 10.0. The van der Waals surface area contributed by atoms with Crippen molar-refractivity contribution in [3.05, 3.63) is 29.8 Å². The Morgan fingerprint density at radius 1 is 1.32 bits per heavy atom. The fraction of sp³-hybridized carbons (Fsp3) is 0.600. The molecule has 0 saturated carbocycles. The van der Waals surface area contributed by atoms with Crippen LogP contribution in [-0.2, 0) is 4.74 Å². The van der Waals surface area contributed by atoms with Crippen molar-refractivity contribution in [3.8, 4) is 5.75 Å². The Kier molecular flexibility index (Phi) is 7.48. The molecule has 4 heteroatoms. The highest BCUT2D eigenvalue weighted by Crippen LogP contribution is 2.18. The molecule has 0 amide bonds. The minimum absolute atomic E-state index is 0.280. The molecule has 1 aromatic rings. The van der Waals surface area contributed by atoms with Crippen molar-refractivity contribution >= 4 is 0 Å². The molecule has 108 valence electrons. The van der Waals surface area contributed by atoms with E-state index in [0.29, 0.717) is 6.54 Å². The number of benzene rings is 1. The van der Waals surface area contributed by atoms with E-state index >= 15 is 0 Å². The number of ether oxygens (including phenoxy) is 2. The van der Waals surface area contributed by atoms with Crippen molar-refractivity contribution in [2.45, 2.75) is 32.5 Å². The first-order valence-electron chi connectivity index (χ1n) is 6.78. The van der Waals surface area contributed by atoms with Gasteiger partial charge in [-0.1, -0.05) is 12.1 Å². The second kappa shape index (κ2) is 8.91. The van der Waals surface area contributed by atoms with E-state index in [4.69, 9.17) is 9.47 Å². The minimum atomic E-state index is -0.513. The Balaban J connectivity index is 2.21. The minimum Gasteiger partial charge on any atom is -0.497 e. The number of methoxy groups -OCH3 is 1. The van der Waals surface area contributed by atoms with Crippen molar-refractivity contribution in [1.82, 2.24) is 5.32 Å². The van der Waals surface area contributed by atoms with Crippen molar-refractivity contribution in [3.63, 3.8) is 0 Å². The monoisotopic (exact) mass is 267 g/mol. The third-order valence-corrected chi connectivity index (χ3v) is 2.77. The lowest BCUT2D eigenvalue weighted by molar-refractivity contribution is 0.0763. The van der Waals surface area contributed by atoms with Crippen LogP contribution in [0.2, 0.25) is 0 Å². The summed E-state index contributed by atoms with van der Waals surface area (Å²) in [5, 5.41) is 13.3. The Labute approximate surface area is 115 Å². The van der Waals surface area contributed by atoms with Gasteiger partial charge in [-0.25, -0.2) is 0 Å². The second-order valence-electron chi connectivity index (χ2n) is 4.77. The van der Waals surface area contributed by atoms with E-state index in [9.17, 15) is 5.11 Å². The fourth-order valence-corrected chi connectivity index (χ4v) is 1.72. The molecule has 0 fully saturated rings. The highest BCUT2D eigenvalue weighted by Gasteiger charge is 2.07. The number of hydrogen-bond donors (Lipinski definition) is 2. The lowest BCUT2D eigenvalue weighted by Crippen LogP contribution is -2.23. The third-order valence-electron chi connectivity index (χ3n) is 2.77. The summed E-state index contributed by atoms with van der Waals surface area (Å²) in [6.07, 6.45) is 0.715. The zero-order chi connectivity index (χ0) is 14.1. The second-order valence-corrected chi connectivity index (χ2v) is 4.77. The smallest absolute Gasteiger partial charge is 0.119 e. The molecule has 2 N–H and O–H groups in total. The predicted octanol–water partition coefficient (Wildman–Crippen LogP) is 2.13. The van der Waals surface area contributed by atoms with Crippen LogP contribution in [0.4, 0.5) is 0 Å². The number of hydrogen-bond acceptors (Lipinski definition) is 4. The average molecular weight is 267 g/mol. The first kappa shape index (κ1) is 16.0. The van der Waals surface area contributed by atoms with E-state index in [0.717, 1.165) is 30.9 Å². The largest absolute Gasteiger partial charge is 0.497 e. The predicted molar refractivity (Wildman–Crippen MR) is 76.5 cm³/mol. The number of rotatable bonds is 9. The summed E-state index contributed by atoms with van der Waals surface area (Å²) in [7, 11) is 1.62. The van der Waals surface area contributed by atoms with Crippen LogP contribution in [-0.4, -0.2) is 38.0 Å². The molecule has 0 aliphatic rings. The molecule has 19 heavy (non-hydrogen) atoms. The van der Waals surface area contributed by atoms with Gasteiger partial charge in [0.25, 0.3) is 0 Å². The maximum Gasteiger partial charge on any atom is 0.119 e. The van der Waals surface area contributed by atoms with Crippen LogP contribution < -0.4 is 10.1 Å². The van der Waals surface area contributed by atoms with Crippen LogP contribution in [0.5, 0.6) is 5.75 Å². The SMILES string of the molecule is COc1cccc(C(O)CNCCCOC(C)C)c1. The maximum atomic E-state index is 10.0. The van der Waals surface area contributed by atoms with Gasteiger partial charge in [-0.3, -0.25) is 0 Å². The molecule has 0 radical (unpaired) electrons. The van der Waals surface area contributed by atoms with Gasteiger partial charge in [0.15, 0.2) is 0 Å². The summed E-state index contributed by atoms with van der Waals surface area (Å²) in [6, 6.07) is 7.51. The standard InChI is InChI=1S/C15H25NO3/c1-12(2)19-9-5-8-16-11-15(17)13-6-4-7-14(10-13)18-3/h4,6-7,10,12,15-17H,5,8-9,11H2,1-3H3. The van der Waals surface area contributed by atoms with Crippen molar-refractivity contribution in [2.75, 3.05) is 26.8 Å². The molecule has 1 aromatic carbocycles. The van der Waals surface area contributed by atoms with Gasteiger partial charge in [0.05, 0.1) is 19.3 Å². The van der Waals surface area contributed by atoms with Gasteiger partial charge in [-0.05, 0) is 44.5 Å². The molecule has 0 bridgehead atoms. The fourth-order valence-electron chi connectivity index (χ4n) is 1.72. The normalized spacial score (nSPS) is 12.7. The summed E-state index contributed by atoms with van der Waals surface area (Å²) in [6.45, 7) is 6.18. The Morgan fingerprint density at radius 3 is 2.79 bits per heavy atom. The summed E-state index contributed by atoms with van der Waals surface area (Å²) in [4.78, 5) is 0. The number of aliphatic hydroxyl groups excluding tert-OH is 1. The van der Waals surface area contributed by atoms with Crippen LogP contribution in [0.15, 0.2) is 24.3 Å². The Bertz CT molecular complexity index is 355. The third kappa shape index (κ3) is 6.57. The highest BCUT2D eigenvalue weighted by molar-refractivity contribution is 5.29. The Morgan fingerprint density at radius 2 is 2.11 bits per heavy atom. The molecule has 4 nitrogen and oxygen atoms in total. The molecule has 0 spiro atoms. The molecular weight excluding hydrogens is 242 g/mol. The van der Waals surface area contributed by atoms with E-state index in [1.165, 1.54) is 0 Å². The summed E-state index contributed by atoms with van der Waals surface area (Å²) >= 11 is 0. The summed E-state index contributed by atoms with van der Waals surface area (Å²) < 4.78 is 10.6. The molecule has 1 atom stereocenters. The van der Waals surface area contributed by atoms with Crippen LogP contribution in [0.1, 0.15) is 31.9 Å². The van der Waals surface area contributed by atoms with Gasteiger partial charge in [0.1, 0.15) is 5.75 Å². The lowest BCUT2D eigenvalue weighted by Gasteiger charge is -2.13. The van der Waals surface area contributed by atoms with Gasteiger partial charge in [0.2, 0.25) is 0 Å². The van der Waals surface area contributed by atoms with Crippen LogP contribution >= 0.6 is 0 Å². The van der Waals surface area contributed by atoms with Gasteiger partial charge >= 0.3 is 0 Å². The number of aliphatic hydroxyl groups is 1. The van der Waals surface area contributed by atoms with Gasteiger partial charge in [-0.15, -0.1) is 0 Å². The van der Waals surface area contributed by atoms with E-state index in [1.807, 2.05) is 38.1 Å². The number of nitrogens with one attached hydrogen (secondary N) is 1. The van der Waals surface area contributed by atoms with Crippen molar-refractivity contribution in [1.29, 1.82) is 0 Å². The molecule has 0 heterocycles. The van der Waals surface area contributed by atoms with Crippen LogP contribution in [0, 0.1) is 0 Å². The van der Waals surface area contributed by atoms with E-state index in [2.05, 4.69) is 5.32 Å². The van der Waals surface area contributed by atoms with Crippen LogP contribution in [0.25, 0.3) is 0 Å². The first-order chi connectivity index (χ1) is 9.13. The molecule has 1 rings (SSSR count). The molecule has 0 aliphatic heterocycles. The summed E-state index contributed by atoms with van der Waals surface area (Å²) in [5.41, 5.74) is 0.866. The zero-order valence-corrected chi connectivity index (χ0v) is 12.1. The van der Waals surface area contributed by atoms with Crippen LogP contribution in [0.3, 0.4) is 0 Å². The van der Waals surface area contributed by atoms with Gasteiger partial charge in [-0.2, -0.15) is 0 Å². The quantitative estimate of drug-likeness (QED) is 0.673. The van der Waals surface area contributed by atoms with Crippen molar-refractivity contribution in [2.24, 2.45) is 0 Å². The first-order valence-corrected chi connectivity index (χ1v) is 6.78. The molecule has 0 aromatic heterocycles. The van der Waals surface area contributed by atoms with E-state index in [1.54, 1.807) is 7.11 Å². The summed E-state index contributed by atoms with van der Waals surface area (Å²) in [5.74, 6) is 0.766. The highest BCUT2D eigenvalue weighted by atomic mass is 16.5. The van der Waals surface area contributed by atoms with E-state index < -0.39 is 6.10 Å².